The number of amides is 1. The number of nitrogens with zero attached hydrogens (tertiary/aromatic N) is 1. The van der Waals surface area contributed by atoms with Crippen LogP contribution in [0.25, 0.3) is 0 Å². The molecule has 3 aromatic rings. The highest BCUT2D eigenvalue weighted by Crippen LogP contribution is 2.31. The zero-order chi connectivity index (χ0) is 22.4. The van der Waals surface area contributed by atoms with E-state index >= 15 is 0 Å². The van der Waals surface area contributed by atoms with E-state index in [2.05, 4.69) is 22.1 Å². The maximum Gasteiger partial charge on any atom is 0.416 e. The first-order chi connectivity index (χ1) is 14.8. The molecule has 0 aliphatic heterocycles. The number of pyridine rings is 1. The molecule has 0 fully saturated rings. The van der Waals surface area contributed by atoms with Crippen LogP contribution < -0.4 is 10.1 Å². The summed E-state index contributed by atoms with van der Waals surface area (Å²) < 4.78 is 44.1. The molecule has 158 valence electrons. The maximum atomic E-state index is 13.0. The van der Waals surface area contributed by atoms with E-state index < -0.39 is 23.7 Å². The maximum absolute atomic E-state index is 13.0. The van der Waals surface area contributed by atoms with Gasteiger partial charge in [-0.3, -0.25) is 9.78 Å². The fraction of sp³-hybridized carbons (Fsp3) is 0.167. The molecule has 0 aliphatic rings. The third-order valence-corrected chi connectivity index (χ3v) is 4.57. The Bertz CT molecular complexity index is 1110. The van der Waals surface area contributed by atoms with Crippen LogP contribution in [0.15, 0.2) is 66.9 Å². The van der Waals surface area contributed by atoms with Gasteiger partial charge in [0.05, 0.1) is 24.4 Å². The van der Waals surface area contributed by atoms with Gasteiger partial charge in [-0.15, -0.1) is 5.92 Å². The van der Waals surface area contributed by atoms with Crippen molar-refractivity contribution in [3.63, 3.8) is 0 Å². The van der Waals surface area contributed by atoms with Crippen LogP contribution in [-0.2, 0) is 6.18 Å². The Morgan fingerprint density at radius 2 is 1.74 bits per heavy atom. The molecule has 0 bridgehead atoms. The van der Waals surface area contributed by atoms with Gasteiger partial charge in [-0.1, -0.05) is 18.1 Å². The van der Waals surface area contributed by atoms with Gasteiger partial charge in [0.15, 0.2) is 0 Å². The predicted octanol–water partition coefficient (Wildman–Crippen LogP) is 5.00. The number of alkyl halides is 3. The van der Waals surface area contributed by atoms with Crippen LogP contribution in [-0.4, -0.2) is 18.0 Å². The highest BCUT2D eigenvalue weighted by molar-refractivity contribution is 5.94. The first-order valence-electron chi connectivity index (χ1n) is 9.33. The molecule has 0 saturated heterocycles. The Morgan fingerprint density at radius 1 is 1.06 bits per heavy atom. The van der Waals surface area contributed by atoms with E-state index in [0.717, 1.165) is 12.1 Å². The molecule has 3 rings (SSSR count). The number of methoxy groups -OCH3 is 1. The second kappa shape index (κ2) is 9.35. The lowest BCUT2D eigenvalue weighted by atomic mass is 9.97. The number of rotatable bonds is 5. The minimum absolute atomic E-state index is 0.372. The van der Waals surface area contributed by atoms with Crippen molar-refractivity contribution in [2.24, 2.45) is 0 Å². The molecule has 2 aromatic carbocycles. The molecule has 1 atom stereocenters. The lowest BCUT2D eigenvalue weighted by Gasteiger charge is -2.21. The second-order valence-corrected chi connectivity index (χ2v) is 6.57. The molecule has 4 nitrogen and oxygen atoms in total. The summed E-state index contributed by atoms with van der Waals surface area (Å²) in [5.41, 5.74) is 1.07. The topological polar surface area (TPSA) is 51.2 Å². The summed E-state index contributed by atoms with van der Waals surface area (Å²) >= 11 is 0. The predicted molar refractivity (Wildman–Crippen MR) is 111 cm³/mol. The average molecular weight is 424 g/mol. The summed E-state index contributed by atoms with van der Waals surface area (Å²) in [4.78, 5) is 17.3. The Labute approximate surface area is 178 Å². The Balaban J connectivity index is 2.02. The van der Waals surface area contributed by atoms with Crippen LogP contribution in [0.3, 0.4) is 0 Å². The van der Waals surface area contributed by atoms with Gasteiger partial charge in [-0.25, -0.2) is 0 Å². The quantitative estimate of drug-likeness (QED) is 0.587. The first kappa shape index (κ1) is 21.9. The number of nitrogens with one attached hydrogen (secondary N) is 1. The first-order valence-corrected chi connectivity index (χ1v) is 9.33. The molecule has 0 spiro atoms. The highest BCUT2D eigenvalue weighted by Gasteiger charge is 2.31. The van der Waals surface area contributed by atoms with Crippen molar-refractivity contribution >= 4 is 5.91 Å². The standard InChI is InChI=1S/C24H19F3N2O2/c1-3-5-16-6-4-15-28-21(16)22(17-7-11-19(12-8-17)24(25,26)27)29-23(30)18-9-13-20(31-2)14-10-18/h4,6-15,22H,1-2H3,(H,29,30). The van der Waals surface area contributed by atoms with E-state index in [1.807, 2.05) is 0 Å². The van der Waals surface area contributed by atoms with Gasteiger partial charge in [0.2, 0.25) is 0 Å². The number of aromatic nitrogens is 1. The summed E-state index contributed by atoms with van der Waals surface area (Å²) in [6.45, 7) is 1.67. The SMILES string of the molecule is CC#Cc1cccnc1C(NC(=O)c1ccc(OC)cc1)c1ccc(C(F)(F)F)cc1. The van der Waals surface area contributed by atoms with Gasteiger partial charge < -0.3 is 10.1 Å². The molecule has 1 amide bonds. The van der Waals surface area contributed by atoms with Crippen LogP contribution in [0.4, 0.5) is 13.2 Å². The number of carbonyl (C=O) groups excluding carboxylic acids is 1. The summed E-state index contributed by atoms with van der Waals surface area (Å²) in [6, 6.07) is 13.8. The molecule has 1 heterocycles. The van der Waals surface area contributed by atoms with E-state index in [1.54, 1.807) is 49.5 Å². The molecule has 1 N–H and O–H groups in total. The lowest BCUT2D eigenvalue weighted by molar-refractivity contribution is -0.137. The minimum Gasteiger partial charge on any atom is -0.497 e. The van der Waals surface area contributed by atoms with E-state index in [9.17, 15) is 18.0 Å². The van der Waals surface area contributed by atoms with E-state index in [1.165, 1.54) is 19.2 Å². The molecule has 0 radical (unpaired) electrons. The number of hydrogen-bond acceptors (Lipinski definition) is 3. The molecule has 1 unspecified atom stereocenters. The van der Waals surface area contributed by atoms with Gasteiger partial charge in [-0.05, 0) is 61.0 Å². The van der Waals surface area contributed by atoms with Crippen molar-refractivity contribution in [2.45, 2.75) is 19.1 Å². The van der Waals surface area contributed by atoms with Crippen molar-refractivity contribution in [1.29, 1.82) is 0 Å². The minimum atomic E-state index is -4.45. The summed E-state index contributed by atoms with van der Waals surface area (Å²) in [6.07, 6.45) is -2.91. The fourth-order valence-electron chi connectivity index (χ4n) is 3.02. The van der Waals surface area contributed by atoms with Crippen LogP contribution in [0.1, 0.15) is 45.7 Å². The Morgan fingerprint density at radius 3 is 2.32 bits per heavy atom. The van der Waals surface area contributed by atoms with Crippen molar-refractivity contribution in [3.05, 3.63) is 94.8 Å². The molecule has 7 heteroatoms. The molecular weight excluding hydrogens is 405 g/mol. The number of hydrogen-bond donors (Lipinski definition) is 1. The number of halogens is 3. The van der Waals surface area contributed by atoms with Gasteiger partial charge in [0, 0.05) is 17.3 Å². The van der Waals surface area contributed by atoms with E-state index in [4.69, 9.17) is 4.74 Å². The number of carbonyl (C=O) groups is 1. The molecule has 0 saturated carbocycles. The zero-order valence-corrected chi connectivity index (χ0v) is 16.8. The third-order valence-electron chi connectivity index (χ3n) is 4.57. The zero-order valence-electron chi connectivity index (χ0n) is 16.8. The largest absolute Gasteiger partial charge is 0.497 e. The highest BCUT2D eigenvalue weighted by atomic mass is 19.4. The van der Waals surface area contributed by atoms with E-state index in [0.29, 0.717) is 28.1 Å². The smallest absolute Gasteiger partial charge is 0.416 e. The van der Waals surface area contributed by atoms with Crippen molar-refractivity contribution in [1.82, 2.24) is 10.3 Å². The normalized spacial score (nSPS) is 11.8. The molecule has 31 heavy (non-hydrogen) atoms. The molecular formula is C24H19F3N2O2. The summed E-state index contributed by atoms with van der Waals surface area (Å²) in [5, 5.41) is 2.87. The van der Waals surface area contributed by atoms with E-state index in [-0.39, 0.29) is 0 Å². The average Bonchev–Trinajstić information content (AvgIpc) is 2.78. The van der Waals surface area contributed by atoms with Gasteiger partial charge in [0.25, 0.3) is 5.91 Å². The van der Waals surface area contributed by atoms with Crippen LogP contribution in [0, 0.1) is 11.8 Å². The van der Waals surface area contributed by atoms with Gasteiger partial charge in [-0.2, -0.15) is 13.2 Å². The molecule has 0 aliphatic carbocycles. The lowest BCUT2D eigenvalue weighted by Crippen LogP contribution is -2.30. The summed E-state index contributed by atoms with van der Waals surface area (Å²) in [7, 11) is 1.52. The number of benzene rings is 2. The van der Waals surface area contributed by atoms with Crippen molar-refractivity contribution in [2.75, 3.05) is 7.11 Å². The summed E-state index contributed by atoms with van der Waals surface area (Å²) in [5.74, 6) is 5.91. The van der Waals surface area contributed by atoms with Crippen molar-refractivity contribution < 1.29 is 22.7 Å². The number of ether oxygens (including phenoxy) is 1. The van der Waals surface area contributed by atoms with Crippen LogP contribution in [0.5, 0.6) is 5.75 Å². The fourth-order valence-corrected chi connectivity index (χ4v) is 3.02. The van der Waals surface area contributed by atoms with Gasteiger partial charge >= 0.3 is 6.18 Å². The Kier molecular flexibility index (Phi) is 6.61. The van der Waals surface area contributed by atoms with Crippen molar-refractivity contribution in [3.8, 4) is 17.6 Å². The third kappa shape index (κ3) is 5.23. The Hall–Kier alpha value is -3.79. The van der Waals surface area contributed by atoms with Crippen LogP contribution >= 0.6 is 0 Å². The second-order valence-electron chi connectivity index (χ2n) is 6.57. The molecule has 1 aromatic heterocycles. The van der Waals surface area contributed by atoms with Crippen LogP contribution in [0.2, 0.25) is 0 Å². The van der Waals surface area contributed by atoms with Gasteiger partial charge in [0.1, 0.15) is 5.75 Å². The monoisotopic (exact) mass is 424 g/mol.